The molecule has 2 aromatic rings. The van der Waals surface area contributed by atoms with Gasteiger partial charge in [-0.3, -0.25) is 0 Å². The SMILES string of the molecule is CC.CC1C[C@H](C)OC2(CCC3=Cc4c(cnn4-c4ccc(F)cc4)CC32C)O1. The van der Waals surface area contributed by atoms with Crippen molar-refractivity contribution in [1.82, 2.24) is 9.78 Å². The number of fused-ring (bicyclic) bond motifs is 3. The van der Waals surface area contributed by atoms with Crippen LogP contribution in [0.1, 0.15) is 65.1 Å². The third-order valence-corrected chi connectivity index (χ3v) is 6.53. The summed E-state index contributed by atoms with van der Waals surface area (Å²) < 4.78 is 28.1. The van der Waals surface area contributed by atoms with Crippen LogP contribution in [0, 0.1) is 11.2 Å². The monoisotopic (exact) mass is 398 g/mol. The summed E-state index contributed by atoms with van der Waals surface area (Å²) in [6.07, 6.45) is 8.21. The molecule has 0 amide bonds. The molecule has 1 aliphatic heterocycles. The Kier molecular flexibility index (Phi) is 5.16. The van der Waals surface area contributed by atoms with Gasteiger partial charge in [0.05, 0.1) is 29.8 Å². The lowest BCUT2D eigenvalue weighted by Gasteiger charge is -2.50. The zero-order valence-electron chi connectivity index (χ0n) is 18.0. The quantitative estimate of drug-likeness (QED) is 0.619. The van der Waals surface area contributed by atoms with E-state index in [1.807, 2.05) is 24.7 Å². The van der Waals surface area contributed by atoms with Gasteiger partial charge in [-0.25, -0.2) is 9.07 Å². The molecule has 156 valence electrons. The van der Waals surface area contributed by atoms with Crippen molar-refractivity contribution in [3.8, 4) is 5.69 Å². The molecule has 0 bridgehead atoms. The lowest BCUT2D eigenvalue weighted by Crippen LogP contribution is -2.55. The van der Waals surface area contributed by atoms with Crippen molar-refractivity contribution in [2.45, 2.75) is 78.3 Å². The highest BCUT2D eigenvalue weighted by Gasteiger charge is 2.60. The predicted molar refractivity (Wildman–Crippen MR) is 112 cm³/mol. The number of benzene rings is 1. The summed E-state index contributed by atoms with van der Waals surface area (Å²) in [5.74, 6) is -0.788. The summed E-state index contributed by atoms with van der Waals surface area (Å²) in [5, 5.41) is 4.59. The van der Waals surface area contributed by atoms with E-state index in [-0.39, 0.29) is 23.4 Å². The van der Waals surface area contributed by atoms with Gasteiger partial charge in [0.1, 0.15) is 5.82 Å². The van der Waals surface area contributed by atoms with Crippen LogP contribution >= 0.6 is 0 Å². The Hall–Kier alpha value is -1.98. The molecule has 1 aromatic carbocycles. The molecule has 1 saturated carbocycles. The summed E-state index contributed by atoms with van der Waals surface area (Å²) in [5.41, 5.74) is 4.32. The lowest BCUT2D eigenvalue weighted by atomic mass is 9.71. The van der Waals surface area contributed by atoms with Crippen LogP contribution in [-0.4, -0.2) is 27.8 Å². The average molecular weight is 399 g/mol. The maximum Gasteiger partial charge on any atom is 0.178 e. The third kappa shape index (κ3) is 3.15. The first-order valence-corrected chi connectivity index (χ1v) is 10.8. The second kappa shape index (κ2) is 7.37. The fourth-order valence-corrected chi connectivity index (χ4v) is 5.21. The molecule has 5 heteroatoms. The fraction of sp³-hybridized carbons (Fsp3) is 0.542. The van der Waals surface area contributed by atoms with E-state index in [0.717, 1.165) is 37.1 Å². The average Bonchev–Trinajstić information content (AvgIpc) is 3.20. The number of hydrogen-bond acceptors (Lipinski definition) is 3. The zero-order valence-corrected chi connectivity index (χ0v) is 18.0. The number of aromatic nitrogens is 2. The van der Waals surface area contributed by atoms with Crippen molar-refractivity contribution >= 4 is 6.08 Å². The van der Waals surface area contributed by atoms with Crippen LogP contribution in [0.25, 0.3) is 11.8 Å². The normalized spacial score (nSPS) is 32.8. The van der Waals surface area contributed by atoms with E-state index in [9.17, 15) is 4.39 Å². The van der Waals surface area contributed by atoms with Gasteiger partial charge in [0.2, 0.25) is 0 Å². The van der Waals surface area contributed by atoms with E-state index < -0.39 is 5.79 Å². The summed E-state index contributed by atoms with van der Waals surface area (Å²) in [6.45, 7) is 10.6. The number of halogens is 1. The Morgan fingerprint density at radius 2 is 1.76 bits per heavy atom. The van der Waals surface area contributed by atoms with E-state index in [4.69, 9.17) is 9.47 Å². The molecule has 2 fully saturated rings. The maximum absolute atomic E-state index is 13.3. The molecule has 1 aromatic heterocycles. The van der Waals surface area contributed by atoms with Crippen molar-refractivity contribution in [2.75, 3.05) is 0 Å². The summed E-state index contributed by atoms with van der Waals surface area (Å²) in [6, 6.07) is 6.48. The zero-order chi connectivity index (χ0) is 20.8. The predicted octanol–water partition coefficient (Wildman–Crippen LogP) is 5.69. The van der Waals surface area contributed by atoms with Crippen LogP contribution in [-0.2, 0) is 15.9 Å². The van der Waals surface area contributed by atoms with Gasteiger partial charge in [-0.15, -0.1) is 0 Å². The molecule has 0 N–H and O–H groups in total. The molecule has 29 heavy (non-hydrogen) atoms. The van der Waals surface area contributed by atoms with E-state index in [1.165, 1.54) is 23.3 Å². The molecule has 4 nitrogen and oxygen atoms in total. The van der Waals surface area contributed by atoms with Crippen molar-refractivity contribution in [3.05, 3.63) is 53.1 Å². The van der Waals surface area contributed by atoms with E-state index in [1.54, 1.807) is 12.1 Å². The molecular weight excluding hydrogens is 367 g/mol. The number of rotatable bonds is 1. The molecule has 1 saturated heterocycles. The van der Waals surface area contributed by atoms with E-state index >= 15 is 0 Å². The van der Waals surface area contributed by atoms with Crippen molar-refractivity contribution in [1.29, 1.82) is 0 Å². The first-order valence-electron chi connectivity index (χ1n) is 10.8. The van der Waals surface area contributed by atoms with E-state index in [2.05, 4.69) is 31.9 Å². The van der Waals surface area contributed by atoms with E-state index in [0.29, 0.717) is 0 Å². The Balaban J connectivity index is 0.000000994. The van der Waals surface area contributed by atoms with Crippen LogP contribution in [0.4, 0.5) is 4.39 Å². The van der Waals surface area contributed by atoms with Crippen molar-refractivity contribution < 1.29 is 13.9 Å². The van der Waals surface area contributed by atoms with Gasteiger partial charge in [0, 0.05) is 11.8 Å². The van der Waals surface area contributed by atoms with Crippen molar-refractivity contribution in [3.63, 3.8) is 0 Å². The first-order chi connectivity index (χ1) is 13.9. The molecule has 5 rings (SSSR count). The number of nitrogens with zero attached hydrogens (tertiary/aromatic N) is 2. The second-order valence-electron chi connectivity index (χ2n) is 8.47. The molecule has 4 atom stereocenters. The first kappa shape index (κ1) is 20.3. The number of hydrogen-bond donors (Lipinski definition) is 0. The smallest absolute Gasteiger partial charge is 0.178 e. The van der Waals surface area contributed by atoms with Crippen LogP contribution < -0.4 is 0 Å². The Morgan fingerprint density at radius 3 is 2.41 bits per heavy atom. The lowest BCUT2D eigenvalue weighted by molar-refractivity contribution is -0.343. The summed E-state index contributed by atoms with van der Waals surface area (Å²) in [7, 11) is 0. The standard InChI is InChI=1S/C22H25FN2O2.C2H6/c1-14-10-15(2)27-22(26-14)9-8-17-11-20-16(12-21(17,22)3)13-24-25(20)19-6-4-18(23)5-7-19;1-2/h4-7,11,13-15H,8-10,12H2,1-3H3;1-2H3/t14-,15?,21?,22?;/m0./s1. The molecule has 1 spiro atoms. The highest BCUT2D eigenvalue weighted by molar-refractivity contribution is 5.62. The highest BCUT2D eigenvalue weighted by Crippen LogP contribution is 2.59. The Morgan fingerprint density at radius 1 is 1.10 bits per heavy atom. The minimum atomic E-state index is -0.550. The second-order valence-corrected chi connectivity index (χ2v) is 8.47. The molecule has 2 heterocycles. The van der Waals surface area contributed by atoms with Gasteiger partial charge < -0.3 is 9.47 Å². The van der Waals surface area contributed by atoms with Gasteiger partial charge in [-0.1, -0.05) is 26.3 Å². The minimum Gasteiger partial charge on any atom is -0.346 e. The van der Waals surface area contributed by atoms with Gasteiger partial charge >= 0.3 is 0 Å². The molecule has 3 aliphatic rings. The topological polar surface area (TPSA) is 36.3 Å². The summed E-state index contributed by atoms with van der Waals surface area (Å²) in [4.78, 5) is 0. The van der Waals surface area contributed by atoms with Gasteiger partial charge in [0.15, 0.2) is 5.79 Å². The molecule has 0 radical (unpaired) electrons. The fourth-order valence-electron chi connectivity index (χ4n) is 5.21. The maximum atomic E-state index is 13.3. The largest absolute Gasteiger partial charge is 0.346 e. The van der Waals surface area contributed by atoms with Crippen LogP contribution in [0.3, 0.4) is 0 Å². The van der Waals surface area contributed by atoms with Crippen LogP contribution in [0.5, 0.6) is 0 Å². The molecule has 2 aliphatic carbocycles. The molecular formula is C24H31FN2O2. The van der Waals surface area contributed by atoms with Gasteiger partial charge in [-0.2, -0.15) is 5.10 Å². The van der Waals surface area contributed by atoms with Crippen LogP contribution in [0.2, 0.25) is 0 Å². The Bertz CT molecular complexity index is 907. The summed E-state index contributed by atoms with van der Waals surface area (Å²) >= 11 is 0. The van der Waals surface area contributed by atoms with Crippen molar-refractivity contribution in [2.24, 2.45) is 5.41 Å². The third-order valence-electron chi connectivity index (χ3n) is 6.53. The minimum absolute atomic E-state index is 0.181. The Labute approximate surface area is 172 Å². The van der Waals surface area contributed by atoms with Crippen LogP contribution in [0.15, 0.2) is 36.0 Å². The van der Waals surface area contributed by atoms with Gasteiger partial charge in [0.25, 0.3) is 0 Å². The van der Waals surface area contributed by atoms with Gasteiger partial charge in [-0.05, 0) is 69.0 Å². The molecule has 3 unspecified atom stereocenters. The highest BCUT2D eigenvalue weighted by atomic mass is 19.1. The number of ether oxygens (including phenoxy) is 2.